The molecule has 0 aromatic rings. The van der Waals surface area contributed by atoms with Gasteiger partial charge in [0.15, 0.2) is 0 Å². The Balaban J connectivity index is 1.85. The molecule has 25 heavy (non-hydrogen) atoms. The highest BCUT2D eigenvalue weighted by Crippen LogP contribution is 2.38. The molecule has 3 aliphatic heterocycles. The molecule has 3 saturated heterocycles. The third-order valence-corrected chi connectivity index (χ3v) is 4.46. The average Bonchev–Trinajstić information content (AvgIpc) is 3.05. The Morgan fingerprint density at radius 2 is 2.12 bits per heavy atom. The van der Waals surface area contributed by atoms with Crippen LogP contribution in [0.15, 0.2) is 0 Å². The van der Waals surface area contributed by atoms with Crippen molar-refractivity contribution in [3.05, 3.63) is 0 Å². The van der Waals surface area contributed by atoms with Crippen LogP contribution in [0.4, 0.5) is 0 Å². The number of aliphatic hydroxyl groups excluding tert-OH is 2. The fraction of sp³-hybridized carbons (Fsp3) is 0.846. The van der Waals surface area contributed by atoms with Gasteiger partial charge in [-0.15, -0.1) is 0 Å². The molecule has 1 amide bonds. The van der Waals surface area contributed by atoms with Gasteiger partial charge in [-0.2, -0.15) is 0 Å². The first-order valence-electron chi connectivity index (χ1n) is 8.19. The van der Waals surface area contributed by atoms with Gasteiger partial charge in [0.1, 0.15) is 12.2 Å². The van der Waals surface area contributed by atoms with Crippen LogP contribution in [0.3, 0.4) is 0 Å². The average molecular weight is 357 g/mol. The van der Waals surface area contributed by atoms with Gasteiger partial charge in [0.05, 0.1) is 24.9 Å². The molecule has 0 radical (unpaired) electrons. The fourth-order valence-corrected chi connectivity index (χ4v) is 3.39. The van der Waals surface area contributed by atoms with Gasteiger partial charge in [0, 0.05) is 13.3 Å². The lowest BCUT2D eigenvalue weighted by molar-refractivity contribution is -0.271. The molecule has 0 bridgehead atoms. The van der Waals surface area contributed by atoms with Crippen LogP contribution in [0, 0.1) is 0 Å². The summed E-state index contributed by atoms with van der Waals surface area (Å²) in [6, 6.07) is -0.954. The van der Waals surface area contributed by atoms with E-state index < -0.39 is 62.4 Å². The number of ether oxygens (including phenoxy) is 1. The van der Waals surface area contributed by atoms with Gasteiger partial charge < -0.3 is 38.9 Å². The predicted octanol–water partition coefficient (Wildman–Crippen LogP) is -2.08. The molecule has 138 valence electrons. The third-order valence-electron chi connectivity index (χ3n) is 4.46. The van der Waals surface area contributed by atoms with Crippen LogP contribution in [0.1, 0.15) is 13.3 Å². The minimum Gasteiger partial charge on any atom is -0.506 e. The van der Waals surface area contributed by atoms with Crippen LogP contribution in [-0.2, 0) is 32.9 Å². The van der Waals surface area contributed by atoms with E-state index in [0.29, 0.717) is 0 Å². The van der Waals surface area contributed by atoms with E-state index in [1.165, 1.54) is 13.7 Å². The lowest BCUT2D eigenvalue weighted by Gasteiger charge is -2.45. The molecule has 3 heterocycles. The van der Waals surface area contributed by atoms with E-state index in [4.69, 9.17) is 23.4 Å². The number of hydrogen-bond acceptors (Lipinski definition) is 9. The largest absolute Gasteiger partial charge is 0.526 e. The quantitative estimate of drug-likeness (QED) is 0.487. The van der Waals surface area contributed by atoms with E-state index in [1.807, 2.05) is 0 Å². The van der Waals surface area contributed by atoms with Crippen LogP contribution < -0.4 is 5.32 Å². The van der Waals surface area contributed by atoms with Crippen molar-refractivity contribution in [3.8, 4) is 0 Å². The summed E-state index contributed by atoms with van der Waals surface area (Å²) in [5, 5.41) is 23.7. The zero-order chi connectivity index (χ0) is 18.4. The molecule has 0 aromatic heterocycles. The van der Waals surface area contributed by atoms with Gasteiger partial charge in [-0.05, 0) is 13.6 Å². The van der Waals surface area contributed by atoms with Crippen molar-refractivity contribution in [1.82, 2.24) is 5.32 Å². The van der Waals surface area contributed by atoms with Crippen LogP contribution >= 0.6 is 0 Å². The Bertz CT molecular complexity index is 552. The van der Waals surface area contributed by atoms with Crippen molar-refractivity contribution in [2.24, 2.45) is 0 Å². The monoisotopic (exact) mass is 357 g/mol. The molecule has 10 nitrogen and oxygen atoms in total. The normalized spacial score (nSPS) is 39.6. The molecule has 1 spiro atoms. The first kappa shape index (κ1) is 18.6. The van der Waals surface area contributed by atoms with Gasteiger partial charge in [-0.1, -0.05) is 0 Å². The van der Waals surface area contributed by atoms with Gasteiger partial charge in [-0.25, -0.2) is 4.79 Å². The number of rotatable bonds is 3. The molecule has 3 aliphatic rings. The summed E-state index contributed by atoms with van der Waals surface area (Å²) in [6.45, 7) is 4.58. The summed E-state index contributed by atoms with van der Waals surface area (Å²) >= 11 is 0. The first-order valence-corrected chi connectivity index (χ1v) is 8.19. The van der Waals surface area contributed by atoms with Gasteiger partial charge in [0.2, 0.25) is 5.91 Å². The second kappa shape index (κ2) is 6.86. The Morgan fingerprint density at radius 1 is 1.40 bits per heavy atom. The summed E-state index contributed by atoms with van der Waals surface area (Å²) < 4.78 is 26.9. The molecule has 3 N–H and O–H groups in total. The zero-order valence-electron chi connectivity index (χ0n) is 14.2. The van der Waals surface area contributed by atoms with Crippen molar-refractivity contribution < 1.29 is 43.2 Å². The number of hydrogen-bond donors (Lipinski definition) is 3. The molecule has 3 rings (SSSR count). The maximum atomic E-state index is 12.2. The summed E-state index contributed by atoms with van der Waals surface area (Å²) in [7, 11) is -1.35. The summed E-state index contributed by atoms with van der Waals surface area (Å²) in [6.07, 6.45) is -4.61. The Hall–Kier alpha value is -1.17. The van der Waals surface area contributed by atoms with E-state index in [0.717, 1.165) is 0 Å². The predicted molar refractivity (Wildman–Crippen MR) is 83.1 cm³/mol. The second-order valence-electron chi connectivity index (χ2n) is 6.49. The van der Waals surface area contributed by atoms with E-state index in [9.17, 15) is 19.8 Å². The lowest BCUT2D eigenvalue weighted by atomic mass is 9.88. The van der Waals surface area contributed by atoms with Crippen LogP contribution in [-0.4, -0.2) is 79.2 Å². The number of carbonyl (C=O) groups excluding carboxylic acids is 2. The topological polar surface area (TPSA) is 133 Å². The van der Waals surface area contributed by atoms with E-state index in [-0.39, 0.29) is 13.0 Å². The fourth-order valence-electron chi connectivity index (χ4n) is 3.39. The van der Waals surface area contributed by atoms with Crippen LogP contribution in [0.2, 0.25) is 13.6 Å². The van der Waals surface area contributed by atoms with Crippen molar-refractivity contribution in [3.63, 3.8) is 0 Å². The number of aliphatic hydroxyl groups is 2. The number of carbonyl (C=O) groups is 2. The zero-order valence-corrected chi connectivity index (χ0v) is 14.2. The summed E-state index contributed by atoms with van der Waals surface area (Å²) in [5.41, 5.74) is 0. The molecule has 0 aromatic carbocycles. The van der Waals surface area contributed by atoms with Gasteiger partial charge in [-0.3, -0.25) is 4.79 Å². The standard InChI is InChI=1S/C13H21B2NO9/c1-6(17)16-9-7(18)4-13(12(20)24-15(3)25-13)22-11(9)10(19)8-5-21-14(2)23-8/h7-11,18-19H,4-5H2,1-3H3,(H,16,17)/t7-,8-,9-,10-,11?,13+/m1/s1. The maximum absolute atomic E-state index is 12.2. The second-order valence-corrected chi connectivity index (χ2v) is 6.49. The highest BCUT2D eigenvalue weighted by atomic mass is 16.8. The smallest absolute Gasteiger partial charge is 0.506 e. The minimum absolute atomic E-state index is 0.111. The van der Waals surface area contributed by atoms with E-state index in [2.05, 4.69) is 5.32 Å². The highest BCUT2D eigenvalue weighted by Gasteiger charge is 2.61. The maximum Gasteiger partial charge on any atom is 0.526 e. The van der Waals surface area contributed by atoms with E-state index >= 15 is 0 Å². The van der Waals surface area contributed by atoms with Gasteiger partial charge in [0.25, 0.3) is 5.79 Å². The number of amides is 1. The SMILES string of the molecule is CB1OC[C@H]([C@@H](O)C2O[C@@]3(C[C@@H](O)[C@H]2NC(C)=O)OB(C)OC3=O)O1. The van der Waals surface area contributed by atoms with Crippen LogP contribution in [0.25, 0.3) is 0 Å². The lowest BCUT2D eigenvalue weighted by Crippen LogP contribution is -2.67. The third kappa shape index (κ3) is 3.55. The summed E-state index contributed by atoms with van der Waals surface area (Å²) in [4.78, 5) is 23.7. The highest BCUT2D eigenvalue weighted by molar-refractivity contribution is 6.47. The van der Waals surface area contributed by atoms with Crippen molar-refractivity contribution in [2.75, 3.05) is 6.61 Å². The molecule has 1 unspecified atom stereocenters. The van der Waals surface area contributed by atoms with Crippen molar-refractivity contribution >= 4 is 26.1 Å². The first-order chi connectivity index (χ1) is 11.7. The van der Waals surface area contributed by atoms with E-state index in [1.54, 1.807) is 6.82 Å². The minimum atomic E-state index is -1.83. The molecular weight excluding hydrogens is 336 g/mol. The summed E-state index contributed by atoms with van der Waals surface area (Å²) in [5.74, 6) is -3.03. The Labute approximate surface area is 145 Å². The molecule has 0 aliphatic carbocycles. The van der Waals surface area contributed by atoms with Crippen molar-refractivity contribution in [2.45, 2.75) is 63.2 Å². The molecular formula is C13H21B2NO9. The molecule has 12 heteroatoms. The molecule has 0 saturated carbocycles. The van der Waals surface area contributed by atoms with Crippen LogP contribution in [0.5, 0.6) is 0 Å². The Morgan fingerprint density at radius 3 is 2.64 bits per heavy atom. The van der Waals surface area contributed by atoms with Crippen molar-refractivity contribution in [1.29, 1.82) is 0 Å². The molecule has 3 fully saturated rings. The number of nitrogens with one attached hydrogen (secondary N) is 1. The Kier molecular flexibility index (Phi) is 5.11. The molecule has 6 atom stereocenters. The van der Waals surface area contributed by atoms with Gasteiger partial charge >= 0.3 is 20.2 Å².